The van der Waals surface area contributed by atoms with Crippen molar-refractivity contribution in [3.05, 3.63) is 0 Å². The zero-order chi connectivity index (χ0) is 21.0. The van der Waals surface area contributed by atoms with Crippen LogP contribution >= 0.6 is 0 Å². The molecule has 0 aromatic heterocycles. The summed E-state index contributed by atoms with van der Waals surface area (Å²) in [6.07, 6.45) is 13.9. The molecule has 2 N–H and O–H groups in total. The van der Waals surface area contributed by atoms with Crippen LogP contribution in [-0.4, -0.2) is 22.4 Å². The molecule has 0 bridgehead atoms. The molecule has 168 valence electrons. The molecule has 0 amide bonds. The van der Waals surface area contributed by atoms with E-state index in [0.717, 1.165) is 42.9 Å². The lowest BCUT2D eigenvalue weighted by Gasteiger charge is -2.62. The maximum atomic E-state index is 11.3. The first kappa shape index (κ1) is 22.1. The van der Waals surface area contributed by atoms with Crippen LogP contribution in [0.25, 0.3) is 0 Å². The molecule has 4 aliphatic carbocycles. The van der Waals surface area contributed by atoms with E-state index in [1.165, 1.54) is 51.4 Å². The average Bonchev–Trinajstić information content (AvgIpc) is 3.03. The highest BCUT2D eigenvalue weighted by Gasteiger charge is 2.62. The first-order valence-electron chi connectivity index (χ1n) is 13.0. The molecular formula is C27H48O2. The number of aliphatic hydroxyl groups excluding tert-OH is 2. The van der Waals surface area contributed by atoms with Crippen LogP contribution in [0, 0.1) is 52.3 Å². The summed E-state index contributed by atoms with van der Waals surface area (Å²) in [5.74, 6) is 4.62. The fourth-order valence-electron chi connectivity index (χ4n) is 9.20. The molecular weight excluding hydrogens is 356 g/mol. The first-order valence-corrected chi connectivity index (χ1v) is 13.0. The molecule has 0 unspecified atom stereocenters. The predicted octanol–water partition coefficient (Wildman–Crippen LogP) is 6.44. The van der Waals surface area contributed by atoms with Gasteiger partial charge in [-0.3, -0.25) is 0 Å². The van der Waals surface area contributed by atoms with Crippen molar-refractivity contribution >= 4 is 0 Å². The van der Waals surface area contributed by atoms with Gasteiger partial charge in [-0.1, -0.05) is 47.5 Å². The lowest BCUT2D eigenvalue weighted by Crippen LogP contribution is -2.57. The van der Waals surface area contributed by atoms with E-state index < -0.39 is 0 Å². The van der Waals surface area contributed by atoms with Crippen LogP contribution in [-0.2, 0) is 0 Å². The summed E-state index contributed by atoms with van der Waals surface area (Å²) < 4.78 is 0. The number of fused-ring (bicyclic) bond motifs is 5. The topological polar surface area (TPSA) is 40.5 Å². The van der Waals surface area contributed by atoms with Crippen molar-refractivity contribution < 1.29 is 10.2 Å². The molecule has 0 aromatic rings. The second kappa shape index (κ2) is 8.12. The number of aliphatic hydroxyl groups is 2. The molecule has 2 nitrogen and oxygen atoms in total. The van der Waals surface area contributed by atoms with Gasteiger partial charge in [-0.2, -0.15) is 0 Å². The van der Waals surface area contributed by atoms with Gasteiger partial charge in [-0.05, 0) is 110 Å². The zero-order valence-corrected chi connectivity index (χ0v) is 19.9. The Balaban J connectivity index is 1.50. The van der Waals surface area contributed by atoms with E-state index in [0.29, 0.717) is 28.6 Å². The second-order valence-electron chi connectivity index (χ2n) is 12.6. The molecule has 0 aliphatic heterocycles. The van der Waals surface area contributed by atoms with Gasteiger partial charge in [0, 0.05) is 0 Å². The van der Waals surface area contributed by atoms with Gasteiger partial charge in [0.15, 0.2) is 0 Å². The maximum absolute atomic E-state index is 11.3. The smallest absolute Gasteiger partial charge is 0.0577 e. The third kappa shape index (κ3) is 3.63. The average molecular weight is 405 g/mol. The largest absolute Gasteiger partial charge is 0.393 e. The lowest BCUT2D eigenvalue weighted by molar-refractivity contribution is -0.164. The Morgan fingerprint density at radius 3 is 2.31 bits per heavy atom. The van der Waals surface area contributed by atoms with Crippen LogP contribution in [0.1, 0.15) is 105 Å². The molecule has 0 radical (unpaired) electrons. The van der Waals surface area contributed by atoms with Crippen LogP contribution in [0.5, 0.6) is 0 Å². The Morgan fingerprint density at radius 2 is 1.59 bits per heavy atom. The van der Waals surface area contributed by atoms with E-state index >= 15 is 0 Å². The van der Waals surface area contributed by atoms with Crippen molar-refractivity contribution in [2.45, 2.75) is 117 Å². The van der Waals surface area contributed by atoms with Crippen LogP contribution in [0.3, 0.4) is 0 Å². The van der Waals surface area contributed by atoms with Crippen LogP contribution in [0.15, 0.2) is 0 Å². The van der Waals surface area contributed by atoms with Crippen molar-refractivity contribution in [1.29, 1.82) is 0 Å². The monoisotopic (exact) mass is 404 g/mol. The molecule has 4 aliphatic rings. The summed E-state index contributed by atoms with van der Waals surface area (Å²) in [5.41, 5.74) is 0.900. The van der Waals surface area contributed by atoms with Gasteiger partial charge in [0.25, 0.3) is 0 Å². The zero-order valence-electron chi connectivity index (χ0n) is 19.9. The van der Waals surface area contributed by atoms with E-state index in [-0.39, 0.29) is 12.2 Å². The Labute approximate surface area is 180 Å². The fraction of sp³-hybridized carbons (Fsp3) is 1.00. The predicted molar refractivity (Wildman–Crippen MR) is 120 cm³/mol. The molecule has 0 aromatic carbocycles. The molecule has 0 heterocycles. The fourth-order valence-corrected chi connectivity index (χ4v) is 9.20. The van der Waals surface area contributed by atoms with Gasteiger partial charge in [0.1, 0.15) is 0 Å². The first-order chi connectivity index (χ1) is 13.7. The van der Waals surface area contributed by atoms with E-state index in [1.54, 1.807) is 0 Å². The maximum Gasteiger partial charge on any atom is 0.0577 e. The summed E-state index contributed by atoms with van der Waals surface area (Å²) in [5, 5.41) is 21.7. The Morgan fingerprint density at radius 1 is 0.862 bits per heavy atom. The Bertz CT molecular complexity index is 573. The van der Waals surface area contributed by atoms with E-state index in [2.05, 4.69) is 34.6 Å². The second-order valence-corrected chi connectivity index (χ2v) is 12.6. The normalized spacial score (nSPS) is 49.2. The summed E-state index contributed by atoms with van der Waals surface area (Å²) in [6, 6.07) is 0. The van der Waals surface area contributed by atoms with Gasteiger partial charge in [0.05, 0.1) is 12.2 Å². The van der Waals surface area contributed by atoms with Crippen molar-refractivity contribution in [1.82, 2.24) is 0 Å². The van der Waals surface area contributed by atoms with Crippen LogP contribution < -0.4 is 0 Å². The minimum atomic E-state index is -0.151. The van der Waals surface area contributed by atoms with Crippen molar-refractivity contribution in [3.8, 4) is 0 Å². The van der Waals surface area contributed by atoms with Gasteiger partial charge in [-0.25, -0.2) is 0 Å². The molecule has 29 heavy (non-hydrogen) atoms. The summed E-state index contributed by atoms with van der Waals surface area (Å²) in [6.45, 7) is 11.9. The van der Waals surface area contributed by atoms with E-state index in [1.807, 2.05) is 0 Å². The quantitative estimate of drug-likeness (QED) is 0.553. The van der Waals surface area contributed by atoms with Gasteiger partial charge in [0.2, 0.25) is 0 Å². The van der Waals surface area contributed by atoms with Gasteiger partial charge >= 0.3 is 0 Å². The highest BCUT2D eigenvalue weighted by atomic mass is 16.3. The van der Waals surface area contributed by atoms with E-state index in [4.69, 9.17) is 0 Å². The van der Waals surface area contributed by atoms with Gasteiger partial charge < -0.3 is 10.2 Å². The third-order valence-corrected chi connectivity index (χ3v) is 11.0. The Kier molecular flexibility index (Phi) is 6.19. The van der Waals surface area contributed by atoms with Gasteiger partial charge in [-0.15, -0.1) is 0 Å². The van der Waals surface area contributed by atoms with Crippen molar-refractivity contribution in [3.63, 3.8) is 0 Å². The number of hydrogen-bond acceptors (Lipinski definition) is 2. The molecule has 10 atom stereocenters. The lowest BCUT2D eigenvalue weighted by atomic mass is 9.44. The number of hydrogen-bond donors (Lipinski definition) is 2. The molecule has 4 fully saturated rings. The number of rotatable bonds is 5. The molecule has 0 spiro atoms. The van der Waals surface area contributed by atoms with Crippen molar-refractivity contribution in [2.75, 3.05) is 0 Å². The van der Waals surface area contributed by atoms with Crippen LogP contribution in [0.4, 0.5) is 0 Å². The molecule has 4 saturated carbocycles. The summed E-state index contributed by atoms with van der Waals surface area (Å²) in [7, 11) is 0. The molecule has 4 rings (SSSR count). The van der Waals surface area contributed by atoms with E-state index in [9.17, 15) is 10.2 Å². The SMILES string of the molecule is CC(C)[C@H](O)CC[C@@H](C)[C@H]1CC[C@H]2[C@@H]3[C@H](O)C[C@H]4CCCC[C@]4(C)[C@H]3CC[C@]12C. The summed E-state index contributed by atoms with van der Waals surface area (Å²) in [4.78, 5) is 0. The van der Waals surface area contributed by atoms with Crippen LogP contribution in [0.2, 0.25) is 0 Å². The highest BCUT2D eigenvalue weighted by molar-refractivity contribution is 5.11. The summed E-state index contributed by atoms with van der Waals surface area (Å²) >= 11 is 0. The highest BCUT2D eigenvalue weighted by Crippen LogP contribution is 2.68. The third-order valence-electron chi connectivity index (χ3n) is 11.0. The molecule has 2 heteroatoms. The Hall–Kier alpha value is -0.0800. The minimum Gasteiger partial charge on any atom is -0.393 e. The van der Waals surface area contributed by atoms with Crippen molar-refractivity contribution in [2.24, 2.45) is 52.3 Å². The standard InChI is InChI=1S/C27H48O2/c1-17(2)23(28)12-9-18(3)20-10-11-21-25-22(13-15-27(20,21)5)26(4)14-7-6-8-19(26)16-24(25)29/h17-25,28-29H,6-16H2,1-5H3/t18-,19-,20-,21+,22+,23-,24-,25+,26+,27-/m1/s1. The minimum absolute atomic E-state index is 0.0578. The molecule has 0 saturated heterocycles.